The molecule has 1 atom stereocenters. The topological polar surface area (TPSA) is 33.2 Å². The van der Waals surface area contributed by atoms with Gasteiger partial charge in [0.05, 0.1) is 16.0 Å². The second-order valence-corrected chi connectivity index (χ2v) is 8.45. The quantitative estimate of drug-likeness (QED) is 0.657. The highest BCUT2D eigenvalue weighted by atomic mass is 32.2. The Morgan fingerprint density at radius 3 is 2.92 bits per heavy atom. The van der Waals surface area contributed by atoms with Crippen LogP contribution in [0.2, 0.25) is 0 Å². The van der Waals surface area contributed by atoms with E-state index < -0.39 is 0 Å². The number of para-hydroxylation sites is 2. The van der Waals surface area contributed by atoms with Crippen molar-refractivity contribution in [3.05, 3.63) is 59.1 Å². The molecule has 0 fully saturated rings. The number of hydrogen-bond donors (Lipinski definition) is 0. The summed E-state index contributed by atoms with van der Waals surface area (Å²) in [7, 11) is 0. The maximum absolute atomic E-state index is 12.8. The molecule has 0 N–H and O–H groups in total. The summed E-state index contributed by atoms with van der Waals surface area (Å²) in [5.41, 5.74) is 3.42. The molecule has 5 heteroatoms. The summed E-state index contributed by atoms with van der Waals surface area (Å²) >= 11 is 3.37. The number of thioether (sulfide) groups is 1. The smallest absolute Gasteiger partial charge is 0.237 e. The van der Waals surface area contributed by atoms with Crippen molar-refractivity contribution < 1.29 is 4.79 Å². The lowest BCUT2D eigenvalue weighted by Gasteiger charge is -2.35. The van der Waals surface area contributed by atoms with Crippen LogP contribution in [0.15, 0.2) is 48.5 Å². The summed E-state index contributed by atoms with van der Waals surface area (Å²) in [5, 5.41) is 1.09. The van der Waals surface area contributed by atoms with Gasteiger partial charge in [0.2, 0.25) is 5.91 Å². The molecule has 0 aliphatic carbocycles. The number of carbonyl (C=O) groups excluding carboxylic acids is 1. The zero-order chi connectivity index (χ0) is 17.2. The monoisotopic (exact) mass is 368 g/mol. The maximum Gasteiger partial charge on any atom is 0.237 e. The first-order valence-corrected chi connectivity index (χ1v) is 10.5. The average molecular weight is 369 g/mol. The molecule has 4 rings (SSSR count). The van der Waals surface area contributed by atoms with E-state index in [2.05, 4.69) is 36.2 Å². The Morgan fingerprint density at radius 1 is 1.24 bits per heavy atom. The van der Waals surface area contributed by atoms with Gasteiger partial charge < -0.3 is 4.90 Å². The molecule has 1 unspecified atom stereocenters. The van der Waals surface area contributed by atoms with Gasteiger partial charge in [0.25, 0.3) is 0 Å². The van der Waals surface area contributed by atoms with Crippen LogP contribution in [-0.2, 0) is 17.0 Å². The van der Waals surface area contributed by atoms with Crippen LogP contribution in [0.25, 0.3) is 10.2 Å². The van der Waals surface area contributed by atoms with E-state index in [-0.39, 0.29) is 11.9 Å². The molecule has 0 spiro atoms. The van der Waals surface area contributed by atoms with Gasteiger partial charge in [-0.3, -0.25) is 4.79 Å². The Morgan fingerprint density at radius 2 is 2.04 bits per heavy atom. The van der Waals surface area contributed by atoms with Crippen molar-refractivity contribution >= 4 is 44.9 Å². The third-order valence-corrected chi connectivity index (χ3v) is 6.73. The van der Waals surface area contributed by atoms with Crippen molar-refractivity contribution in [1.82, 2.24) is 4.98 Å². The van der Waals surface area contributed by atoms with Gasteiger partial charge in [0.1, 0.15) is 5.01 Å². The molecule has 3 nitrogen and oxygen atoms in total. The number of fused-ring (bicyclic) bond motifs is 2. The SMILES string of the molecule is CC1CCc2ccccc2N1C(=O)CSCc1nc2ccccc2s1. The molecular formula is C20H20N2OS2. The lowest BCUT2D eigenvalue weighted by Crippen LogP contribution is -2.43. The summed E-state index contributed by atoms with van der Waals surface area (Å²) in [5.74, 6) is 1.48. The van der Waals surface area contributed by atoms with E-state index >= 15 is 0 Å². The highest BCUT2D eigenvalue weighted by molar-refractivity contribution is 7.99. The summed E-state index contributed by atoms with van der Waals surface area (Å²) in [4.78, 5) is 19.5. The van der Waals surface area contributed by atoms with Gasteiger partial charge in [-0.2, -0.15) is 0 Å². The van der Waals surface area contributed by atoms with Crippen molar-refractivity contribution in [3.63, 3.8) is 0 Å². The Kier molecular flexibility index (Phi) is 4.77. The van der Waals surface area contributed by atoms with E-state index in [1.54, 1.807) is 23.1 Å². The zero-order valence-electron chi connectivity index (χ0n) is 14.1. The second kappa shape index (κ2) is 7.18. The first-order valence-electron chi connectivity index (χ1n) is 8.54. The van der Waals surface area contributed by atoms with Crippen LogP contribution in [-0.4, -0.2) is 22.7 Å². The van der Waals surface area contributed by atoms with Crippen molar-refractivity contribution in [3.8, 4) is 0 Å². The molecule has 2 heterocycles. The normalized spacial score (nSPS) is 16.8. The minimum absolute atomic E-state index is 0.200. The van der Waals surface area contributed by atoms with Crippen LogP contribution in [0.3, 0.4) is 0 Å². The summed E-state index contributed by atoms with van der Waals surface area (Å²) in [6.07, 6.45) is 2.09. The van der Waals surface area contributed by atoms with Crippen LogP contribution in [0.4, 0.5) is 5.69 Å². The van der Waals surface area contributed by atoms with Crippen LogP contribution in [0.1, 0.15) is 23.9 Å². The van der Waals surface area contributed by atoms with Crippen LogP contribution in [0.5, 0.6) is 0 Å². The minimum Gasteiger partial charge on any atom is -0.309 e. The maximum atomic E-state index is 12.8. The predicted molar refractivity (Wildman–Crippen MR) is 107 cm³/mol. The average Bonchev–Trinajstić information content (AvgIpc) is 3.04. The lowest BCUT2D eigenvalue weighted by molar-refractivity contribution is -0.116. The van der Waals surface area contributed by atoms with E-state index in [4.69, 9.17) is 0 Å². The van der Waals surface area contributed by atoms with Gasteiger partial charge in [-0.25, -0.2) is 4.98 Å². The fourth-order valence-corrected chi connectivity index (χ4v) is 5.25. The molecule has 0 bridgehead atoms. The van der Waals surface area contributed by atoms with Crippen molar-refractivity contribution in [2.75, 3.05) is 10.7 Å². The largest absolute Gasteiger partial charge is 0.309 e. The molecule has 25 heavy (non-hydrogen) atoms. The van der Waals surface area contributed by atoms with Gasteiger partial charge in [0.15, 0.2) is 0 Å². The number of aryl methyl sites for hydroxylation is 1. The molecule has 1 amide bonds. The lowest BCUT2D eigenvalue weighted by atomic mass is 9.97. The van der Waals surface area contributed by atoms with Crippen molar-refractivity contribution in [2.24, 2.45) is 0 Å². The van der Waals surface area contributed by atoms with E-state index in [0.717, 1.165) is 34.8 Å². The minimum atomic E-state index is 0.200. The number of amides is 1. The van der Waals surface area contributed by atoms with Crippen LogP contribution >= 0.6 is 23.1 Å². The third kappa shape index (κ3) is 3.44. The van der Waals surface area contributed by atoms with Crippen LogP contribution < -0.4 is 4.90 Å². The van der Waals surface area contributed by atoms with Crippen molar-refractivity contribution in [2.45, 2.75) is 31.6 Å². The fourth-order valence-electron chi connectivity index (χ4n) is 3.35. The number of carbonyl (C=O) groups is 1. The first kappa shape index (κ1) is 16.6. The third-order valence-electron chi connectivity index (χ3n) is 4.58. The number of thiazole rings is 1. The molecule has 0 saturated heterocycles. The van der Waals surface area contributed by atoms with Gasteiger partial charge in [0, 0.05) is 17.5 Å². The number of anilines is 1. The highest BCUT2D eigenvalue weighted by Gasteiger charge is 2.27. The molecular weight excluding hydrogens is 348 g/mol. The molecule has 2 aromatic carbocycles. The fraction of sp³-hybridized carbons (Fsp3) is 0.300. The van der Waals surface area contributed by atoms with E-state index in [1.165, 1.54) is 10.3 Å². The second-order valence-electron chi connectivity index (χ2n) is 6.35. The molecule has 0 radical (unpaired) electrons. The summed E-state index contributed by atoms with van der Waals surface area (Å²) in [6, 6.07) is 16.7. The Bertz CT molecular complexity index is 872. The first-order chi connectivity index (χ1) is 12.2. The molecule has 1 aliphatic heterocycles. The number of aromatic nitrogens is 1. The summed E-state index contributed by atoms with van der Waals surface area (Å²) in [6.45, 7) is 2.14. The van der Waals surface area contributed by atoms with Gasteiger partial charge in [-0.05, 0) is 43.5 Å². The van der Waals surface area contributed by atoms with E-state index in [9.17, 15) is 4.79 Å². The molecule has 128 valence electrons. The molecule has 1 aliphatic rings. The van der Waals surface area contributed by atoms with Crippen LogP contribution in [0, 0.1) is 0 Å². The number of hydrogen-bond acceptors (Lipinski definition) is 4. The Labute approximate surface area is 156 Å². The van der Waals surface area contributed by atoms with E-state index in [1.807, 2.05) is 29.2 Å². The number of nitrogens with zero attached hydrogens (tertiary/aromatic N) is 2. The van der Waals surface area contributed by atoms with E-state index in [0.29, 0.717) is 5.75 Å². The zero-order valence-corrected chi connectivity index (χ0v) is 15.8. The van der Waals surface area contributed by atoms with Gasteiger partial charge in [-0.15, -0.1) is 23.1 Å². The molecule has 0 saturated carbocycles. The highest BCUT2D eigenvalue weighted by Crippen LogP contribution is 2.31. The number of rotatable bonds is 4. The number of benzene rings is 2. The Hall–Kier alpha value is -1.85. The Balaban J connectivity index is 1.42. The van der Waals surface area contributed by atoms with Gasteiger partial charge in [-0.1, -0.05) is 30.3 Å². The molecule has 1 aromatic heterocycles. The standard InChI is InChI=1S/C20H20N2OS2/c1-14-10-11-15-6-2-4-8-17(15)22(14)20(23)13-24-12-19-21-16-7-3-5-9-18(16)25-19/h2-9,14H,10-13H2,1H3. The van der Waals surface area contributed by atoms with Gasteiger partial charge >= 0.3 is 0 Å². The predicted octanol–water partition coefficient (Wildman–Crippen LogP) is 4.90. The summed E-state index contributed by atoms with van der Waals surface area (Å²) < 4.78 is 1.21. The molecule has 3 aromatic rings. The van der Waals surface area contributed by atoms with Crippen molar-refractivity contribution in [1.29, 1.82) is 0 Å².